The summed E-state index contributed by atoms with van der Waals surface area (Å²) in [4.78, 5) is 14.4. The quantitative estimate of drug-likeness (QED) is 0.774. The summed E-state index contributed by atoms with van der Waals surface area (Å²) in [5.41, 5.74) is 2.30. The highest BCUT2D eigenvalue weighted by atomic mass is 16.1. The van der Waals surface area contributed by atoms with Crippen LogP contribution in [-0.4, -0.2) is 24.8 Å². The van der Waals surface area contributed by atoms with Gasteiger partial charge in [0.05, 0.1) is 11.6 Å². The molecule has 3 heteroatoms. The number of nitriles is 1. The van der Waals surface area contributed by atoms with E-state index in [1.807, 2.05) is 63.3 Å². The first kappa shape index (κ1) is 14.3. The van der Waals surface area contributed by atoms with Crippen LogP contribution in [0, 0.1) is 16.7 Å². The Morgan fingerprint density at radius 3 is 2.40 bits per heavy atom. The number of benzene rings is 1. The molecule has 0 N–H and O–H groups in total. The van der Waals surface area contributed by atoms with E-state index in [4.69, 9.17) is 5.26 Å². The van der Waals surface area contributed by atoms with Crippen molar-refractivity contribution >= 4 is 5.78 Å². The average molecular weight is 268 g/mol. The van der Waals surface area contributed by atoms with Crippen molar-refractivity contribution in [3.8, 4) is 6.07 Å². The van der Waals surface area contributed by atoms with Crippen LogP contribution in [0.1, 0.15) is 37.3 Å². The summed E-state index contributed by atoms with van der Waals surface area (Å²) in [5.74, 6) is 0.341. The smallest absolute Gasteiger partial charge is 0.166 e. The maximum Gasteiger partial charge on any atom is 0.166 e. The summed E-state index contributed by atoms with van der Waals surface area (Å²) in [6.45, 7) is 4.00. The predicted molar refractivity (Wildman–Crippen MR) is 79.1 cm³/mol. The zero-order valence-corrected chi connectivity index (χ0v) is 12.5. The van der Waals surface area contributed by atoms with Gasteiger partial charge in [0.1, 0.15) is 0 Å². The average Bonchev–Trinajstić information content (AvgIpc) is 2.62. The first-order chi connectivity index (χ1) is 9.35. The topological polar surface area (TPSA) is 44.1 Å². The largest absolute Gasteiger partial charge is 0.383 e. The maximum atomic E-state index is 12.5. The highest BCUT2D eigenvalue weighted by Gasteiger charge is 2.43. The molecule has 0 aliphatic heterocycles. The van der Waals surface area contributed by atoms with Gasteiger partial charge in [-0.1, -0.05) is 26.0 Å². The summed E-state index contributed by atoms with van der Waals surface area (Å²) in [7, 11) is 3.86. The van der Waals surface area contributed by atoms with Crippen LogP contribution in [-0.2, 0) is 4.79 Å². The van der Waals surface area contributed by atoms with Crippen LogP contribution in [0.4, 0.5) is 0 Å². The summed E-state index contributed by atoms with van der Waals surface area (Å²) >= 11 is 0. The molecule has 0 bridgehead atoms. The normalized spacial score (nSPS) is 22.9. The Bertz CT molecular complexity index is 588. The molecule has 0 amide bonds. The molecular weight excluding hydrogens is 248 g/mol. The van der Waals surface area contributed by atoms with Gasteiger partial charge >= 0.3 is 0 Å². The SMILES string of the molecule is CN(C)/C=C1\C(=O)C(C)(C)CC1c1ccc(C#N)cc1. The van der Waals surface area contributed by atoms with Crippen LogP contribution < -0.4 is 0 Å². The lowest BCUT2D eigenvalue weighted by atomic mass is 9.88. The Balaban J connectivity index is 2.43. The molecule has 1 unspecified atom stereocenters. The molecule has 1 saturated carbocycles. The minimum absolute atomic E-state index is 0.118. The van der Waals surface area contributed by atoms with Crippen LogP contribution in [0.3, 0.4) is 0 Å². The molecule has 0 aromatic heterocycles. The van der Waals surface area contributed by atoms with Crippen LogP contribution in [0.2, 0.25) is 0 Å². The van der Waals surface area contributed by atoms with Gasteiger partial charge in [0.25, 0.3) is 0 Å². The molecule has 2 rings (SSSR count). The Morgan fingerprint density at radius 1 is 1.30 bits per heavy atom. The second-order valence-electron chi connectivity index (χ2n) is 6.25. The molecule has 1 aromatic carbocycles. The van der Waals surface area contributed by atoms with Crippen molar-refractivity contribution in [3.63, 3.8) is 0 Å². The van der Waals surface area contributed by atoms with Gasteiger partial charge in [-0.05, 0) is 24.1 Å². The van der Waals surface area contributed by atoms with Gasteiger partial charge in [0.2, 0.25) is 0 Å². The fraction of sp³-hybridized carbons (Fsp3) is 0.412. The van der Waals surface area contributed by atoms with Crippen LogP contribution in [0.15, 0.2) is 36.0 Å². The Labute approximate surface area is 120 Å². The van der Waals surface area contributed by atoms with E-state index in [1.54, 1.807) is 0 Å². The van der Waals surface area contributed by atoms with Gasteiger partial charge in [0, 0.05) is 37.2 Å². The number of Topliss-reactive ketones (excluding diaryl/α,β-unsaturated/α-hetero) is 1. The molecule has 1 fully saturated rings. The molecule has 104 valence electrons. The standard InChI is InChI=1S/C17H20N2O/c1-17(2)9-14(15(16(17)20)11-19(3)4)13-7-5-12(10-18)6-8-13/h5-8,11,14H,9H2,1-4H3/b15-11-. The van der Waals surface area contributed by atoms with Crippen molar-refractivity contribution in [2.45, 2.75) is 26.2 Å². The van der Waals surface area contributed by atoms with Crippen molar-refractivity contribution in [1.29, 1.82) is 5.26 Å². The number of carbonyl (C=O) groups excluding carboxylic acids is 1. The zero-order chi connectivity index (χ0) is 14.9. The number of ketones is 1. The van der Waals surface area contributed by atoms with Gasteiger partial charge in [-0.25, -0.2) is 0 Å². The van der Waals surface area contributed by atoms with Crippen molar-refractivity contribution in [2.75, 3.05) is 14.1 Å². The first-order valence-electron chi connectivity index (χ1n) is 6.78. The van der Waals surface area contributed by atoms with Crippen LogP contribution >= 0.6 is 0 Å². The Kier molecular flexibility index (Phi) is 3.67. The van der Waals surface area contributed by atoms with E-state index in [9.17, 15) is 4.79 Å². The van der Waals surface area contributed by atoms with Gasteiger partial charge in [0.15, 0.2) is 5.78 Å². The summed E-state index contributed by atoms with van der Waals surface area (Å²) in [6.07, 6.45) is 2.75. The Morgan fingerprint density at radius 2 is 1.90 bits per heavy atom. The Hall–Kier alpha value is -2.08. The van der Waals surface area contributed by atoms with Gasteiger partial charge in [-0.15, -0.1) is 0 Å². The van der Waals surface area contributed by atoms with E-state index in [0.717, 1.165) is 17.6 Å². The molecule has 1 atom stereocenters. The van der Waals surface area contributed by atoms with Crippen LogP contribution in [0.5, 0.6) is 0 Å². The van der Waals surface area contributed by atoms with Crippen LogP contribution in [0.25, 0.3) is 0 Å². The summed E-state index contributed by atoms with van der Waals surface area (Å²) < 4.78 is 0. The molecule has 0 heterocycles. The number of carbonyl (C=O) groups is 1. The molecule has 20 heavy (non-hydrogen) atoms. The summed E-state index contributed by atoms with van der Waals surface area (Å²) in [6, 6.07) is 9.68. The number of allylic oxidation sites excluding steroid dienone is 1. The molecule has 0 radical (unpaired) electrons. The number of nitrogens with zero attached hydrogens (tertiary/aromatic N) is 2. The lowest BCUT2D eigenvalue weighted by Gasteiger charge is -2.15. The highest BCUT2D eigenvalue weighted by molar-refractivity contribution is 6.03. The van der Waals surface area contributed by atoms with E-state index in [1.165, 1.54) is 0 Å². The monoisotopic (exact) mass is 268 g/mol. The number of hydrogen-bond acceptors (Lipinski definition) is 3. The van der Waals surface area contributed by atoms with Gasteiger partial charge < -0.3 is 4.90 Å². The molecular formula is C17H20N2O. The molecule has 1 aliphatic carbocycles. The lowest BCUT2D eigenvalue weighted by molar-refractivity contribution is -0.121. The molecule has 3 nitrogen and oxygen atoms in total. The van der Waals surface area contributed by atoms with E-state index < -0.39 is 0 Å². The van der Waals surface area contributed by atoms with Crippen molar-refractivity contribution in [2.24, 2.45) is 5.41 Å². The van der Waals surface area contributed by atoms with E-state index in [-0.39, 0.29) is 17.1 Å². The molecule has 0 spiro atoms. The van der Waals surface area contributed by atoms with Crippen molar-refractivity contribution in [1.82, 2.24) is 4.90 Å². The molecule has 0 saturated heterocycles. The second kappa shape index (κ2) is 5.13. The van der Waals surface area contributed by atoms with E-state index in [0.29, 0.717) is 5.56 Å². The minimum atomic E-state index is -0.319. The predicted octanol–water partition coefficient (Wildman–Crippen LogP) is 3.09. The first-order valence-corrected chi connectivity index (χ1v) is 6.78. The van der Waals surface area contributed by atoms with Crippen molar-refractivity contribution < 1.29 is 4.79 Å². The maximum absolute atomic E-state index is 12.5. The number of hydrogen-bond donors (Lipinski definition) is 0. The number of rotatable bonds is 2. The third-order valence-corrected chi connectivity index (χ3v) is 3.81. The van der Waals surface area contributed by atoms with Gasteiger partial charge in [-0.2, -0.15) is 5.26 Å². The fourth-order valence-corrected chi connectivity index (χ4v) is 2.78. The third kappa shape index (κ3) is 2.60. The second-order valence-corrected chi connectivity index (χ2v) is 6.25. The van der Waals surface area contributed by atoms with E-state index in [2.05, 4.69) is 6.07 Å². The third-order valence-electron chi connectivity index (χ3n) is 3.81. The zero-order valence-electron chi connectivity index (χ0n) is 12.5. The lowest BCUT2D eigenvalue weighted by Crippen LogP contribution is -2.18. The molecule has 1 aliphatic rings. The van der Waals surface area contributed by atoms with E-state index >= 15 is 0 Å². The fourth-order valence-electron chi connectivity index (χ4n) is 2.78. The van der Waals surface area contributed by atoms with Gasteiger partial charge in [-0.3, -0.25) is 4.79 Å². The van der Waals surface area contributed by atoms with Crippen molar-refractivity contribution in [3.05, 3.63) is 47.2 Å². The highest BCUT2D eigenvalue weighted by Crippen LogP contribution is 2.47. The molecule has 1 aromatic rings. The minimum Gasteiger partial charge on any atom is -0.383 e. The summed E-state index contributed by atoms with van der Waals surface area (Å²) in [5, 5.41) is 8.87.